The summed E-state index contributed by atoms with van der Waals surface area (Å²) in [5, 5.41) is 11.9. The molecule has 5 heteroatoms. The standard InChI is InChI=1S/C17H13NO3S/c1-21-15-12(8-5-9-13(15)17(19)20)16-18-14(10-22-16)11-6-3-2-4-7-11/h2-10H,1H3,(H,19,20). The van der Waals surface area contributed by atoms with Crippen molar-refractivity contribution in [3.05, 3.63) is 59.5 Å². The molecule has 0 aliphatic carbocycles. The lowest BCUT2D eigenvalue weighted by molar-refractivity contribution is 0.0693. The third kappa shape index (κ3) is 2.58. The van der Waals surface area contributed by atoms with E-state index in [1.54, 1.807) is 6.07 Å². The van der Waals surface area contributed by atoms with Crippen molar-refractivity contribution < 1.29 is 14.6 Å². The minimum Gasteiger partial charge on any atom is -0.495 e. The maximum absolute atomic E-state index is 11.3. The number of nitrogens with zero attached hydrogens (tertiary/aromatic N) is 1. The maximum atomic E-state index is 11.3. The summed E-state index contributed by atoms with van der Waals surface area (Å²) < 4.78 is 5.29. The van der Waals surface area contributed by atoms with Crippen LogP contribution in [0.25, 0.3) is 21.8 Å². The highest BCUT2D eigenvalue weighted by Gasteiger charge is 2.18. The summed E-state index contributed by atoms with van der Waals surface area (Å²) in [6.07, 6.45) is 0. The molecule has 0 bridgehead atoms. The largest absolute Gasteiger partial charge is 0.495 e. The monoisotopic (exact) mass is 311 g/mol. The molecule has 4 nitrogen and oxygen atoms in total. The molecule has 1 N–H and O–H groups in total. The Kier molecular flexibility index (Phi) is 3.89. The van der Waals surface area contributed by atoms with Crippen LogP contribution in [0.3, 0.4) is 0 Å². The molecule has 3 rings (SSSR count). The van der Waals surface area contributed by atoms with Gasteiger partial charge in [0.1, 0.15) is 16.3 Å². The van der Waals surface area contributed by atoms with E-state index in [-0.39, 0.29) is 5.56 Å². The zero-order valence-electron chi connectivity index (χ0n) is 11.8. The number of ether oxygens (including phenoxy) is 1. The van der Waals surface area contributed by atoms with Crippen LogP contribution in [0, 0.1) is 0 Å². The number of carboxylic acids is 1. The number of methoxy groups -OCH3 is 1. The predicted octanol–water partition coefficient (Wildman–Crippen LogP) is 4.18. The molecule has 0 atom stereocenters. The van der Waals surface area contributed by atoms with Gasteiger partial charge in [-0.2, -0.15) is 0 Å². The molecule has 0 amide bonds. The summed E-state index contributed by atoms with van der Waals surface area (Å²) in [4.78, 5) is 15.9. The number of aromatic nitrogens is 1. The van der Waals surface area contributed by atoms with Gasteiger partial charge in [-0.1, -0.05) is 36.4 Å². The van der Waals surface area contributed by atoms with Gasteiger partial charge in [0.05, 0.1) is 18.4 Å². The van der Waals surface area contributed by atoms with Crippen molar-refractivity contribution >= 4 is 17.3 Å². The molecule has 1 aromatic heterocycles. The molecule has 0 radical (unpaired) electrons. The van der Waals surface area contributed by atoms with E-state index >= 15 is 0 Å². The Morgan fingerprint density at radius 2 is 1.91 bits per heavy atom. The molecule has 1 heterocycles. The van der Waals surface area contributed by atoms with Crippen molar-refractivity contribution in [2.24, 2.45) is 0 Å². The highest BCUT2D eigenvalue weighted by Crippen LogP contribution is 2.36. The molecular weight excluding hydrogens is 298 g/mol. The van der Waals surface area contributed by atoms with E-state index in [2.05, 4.69) is 4.98 Å². The van der Waals surface area contributed by atoms with Gasteiger partial charge in [-0.15, -0.1) is 11.3 Å². The highest BCUT2D eigenvalue weighted by atomic mass is 32.1. The van der Waals surface area contributed by atoms with Crippen molar-refractivity contribution in [3.63, 3.8) is 0 Å². The molecule has 22 heavy (non-hydrogen) atoms. The highest BCUT2D eigenvalue weighted by molar-refractivity contribution is 7.13. The number of rotatable bonds is 4. The second kappa shape index (κ2) is 5.99. The van der Waals surface area contributed by atoms with E-state index in [1.807, 2.05) is 41.8 Å². The van der Waals surface area contributed by atoms with Gasteiger partial charge in [0.2, 0.25) is 0 Å². The van der Waals surface area contributed by atoms with Gasteiger partial charge in [-0.3, -0.25) is 0 Å². The van der Waals surface area contributed by atoms with E-state index in [0.717, 1.165) is 16.3 Å². The zero-order chi connectivity index (χ0) is 15.5. The lowest BCUT2D eigenvalue weighted by atomic mass is 10.1. The van der Waals surface area contributed by atoms with Gasteiger partial charge in [0.25, 0.3) is 0 Å². The Bertz CT molecular complexity index is 812. The van der Waals surface area contributed by atoms with Crippen LogP contribution in [0.2, 0.25) is 0 Å². The average molecular weight is 311 g/mol. The summed E-state index contributed by atoms with van der Waals surface area (Å²) in [6, 6.07) is 14.9. The third-order valence-corrected chi connectivity index (χ3v) is 4.13. The molecule has 3 aromatic rings. The molecular formula is C17H13NO3S. The molecule has 0 saturated heterocycles. The third-order valence-electron chi connectivity index (χ3n) is 3.25. The smallest absolute Gasteiger partial charge is 0.339 e. The second-order valence-electron chi connectivity index (χ2n) is 4.60. The molecule has 0 fully saturated rings. The van der Waals surface area contributed by atoms with E-state index < -0.39 is 5.97 Å². The predicted molar refractivity (Wildman–Crippen MR) is 86.5 cm³/mol. The van der Waals surface area contributed by atoms with Crippen LogP contribution in [-0.2, 0) is 0 Å². The number of thiazole rings is 1. The van der Waals surface area contributed by atoms with Gasteiger partial charge < -0.3 is 9.84 Å². The van der Waals surface area contributed by atoms with E-state index in [0.29, 0.717) is 11.3 Å². The van der Waals surface area contributed by atoms with Crippen LogP contribution < -0.4 is 4.74 Å². The maximum Gasteiger partial charge on any atom is 0.339 e. The second-order valence-corrected chi connectivity index (χ2v) is 5.45. The molecule has 0 spiro atoms. The number of hydrogen-bond donors (Lipinski definition) is 1. The topological polar surface area (TPSA) is 59.4 Å². The molecule has 0 aliphatic heterocycles. The number of aromatic carboxylic acids is 1. The number of para-hydroxylation sites is 1. The Balaban J connectivity index is 2.08. The first-order valence-corrected chi connectivity index (χ1v) is 7.50. The molecule has 0 unspecified atom stereocenters. The summed E-state index contributed by atoms with van der Waals surface area (Å²) in [5.74, 6) is -0.678. The van der Waals surface area contributed by atoms with Crippen molar-refractivity contribution in [1.82, 2.24) is 4.98 Å². The first kappa shape index (κ1) is 14.3. The summed E-state index contributed by atoms with van der Waals surface area (Å²) in [5.41, 5.74) is 2.72. The van der Waals surface area contributed by atoms with Gasteiger partial charge >= 0.3 is 5.97 Å². The van der Waals surface area contributed by atoms with Crippen LogP contribution in [0.4, 0.5) is 0 Å². The fraction of sp³-hybridized carbons (Fsp3) is 0.0588. The first-order valence-electron chi connectivity index (χ1n) is 6.62. The van der Waals surface area contributed by atoms with Crippen LogP contribution in [0.15, 0.2) is 53.9 Å². The van der Waals surface area contributed by atoms with Crippen LogP contribution >= 0.6 is 11.3 Å². The lowest BCUT2D eigenvalue weighted by Gasteiger charge is -2.09. The molecule has 2 aromatic carbocycles. The van der Waals surface area contributed by atoms with Gasteiger partial charge in [0, 0.05) is 10.9 Å². The summed E-state index contributed by atoms with van der Waals surface area (Å²) in [7, 11) is 1.47. The quantitative estimate of drug-likeness (QED) is 0.785. The lowest BCUT2D eigenvalue weighted by Crippen LogP contribution is -2.01. The van der Waals surface area contributed by atoms with Crippen molar-refractivity contribution in [3.8, 4) is 27.6 Å². The average Bonchev–Trinajstić information content (AvgIpc) is 3.04. The van der Waals surface area contributed by atoms with Crippen molar-refractivity contribution in [2.45, 2.75) is 0 Å². The number of benzene rings is 2. The van der Waals surface area contributed by atoms with E-state index in [1.165, 1.54) is 24.5 Å². The Morgan fingerprint density at radius 3 is 2.59 bits per heavy atom. The molecule has 110 valence electrons. The van der Waals surface area contributed by atoms with Crippen molar-refractivity contribution in [1.29, 1.82) is 0 Å². The van der Waals surface area contributed by atoms with Crippen LogP contribution in [0.5, 0.6) is 5.75 Å². The normalized spacial score (nSPS) is 10.4. The number of hydrogen-bond acceptors (Lipinski definition) is 4. The van der Waals surface area contributed by atoms with E-state index in [9.17, 15) is 9.90 Å². The van der Waals surface area contributed by atoms with Gasteiger partial charge in [-0.25, -0.2) is 9.78 Å². The Labute approximate surface area is 131 Å². The molecule has 0 aliphatic rings. The minimum absolute atomic E-state index is 0.136. The van der Waals surface area contributed by atoms with Gasteiger partial charge in [-0.05, 0) is 12.1 Å². The first-order chi connectivity index (χ1) is 10.7. The summed E-state index contributed by atoms with van der Waals surface area (Å²) in [6.45, 7) is 0. The fourth-order valence-corrected chi connectivity index (χ4v) is 3.08. The van der Waals surface area contributed by atoms with Crippen molar-refractivity contribution in [2.75, 3.05) is 7.11 Å². The SMILES string of the molecule is COc1c(C(=O)O)cccc1-c1nc(-c2ccccc2)cs1. The number of carboxylic acid groups (broad SMARTS) is 1. The Hall–Kier alpha value is -2.66. The van der Waals surface area contributed by atoms with Gasteiger partial charge in [0.15, 0.2) is 0 Å². The fourth-order valence-electron chi connectivity index (χ4n) is 2.23. The summed E-state index contributed by atoms with van der Waals surface area (Å²) >= 11 is 1.46. The zero-order valence-corrected chi connectivity index (χ0v) is 12.6. The molecule has 0 saturated carbocycles. The van der Waals surface area contributed by atoms with Crippen LogP contribution in [0.1, 0.15) is 10.4 Å². The van der Waals surface area contributed by atoms with Crippen LogP contribution in [-0.4, -0.2) is 23.2 Å². The Morgan fingerprint density at radius 1 is 1.14 bits per heavy atom. The minimum atomic E-state index is -1.02. The number of carbonyl (C=O) groups is 1. The van der Waals surface area contributed by atoms with E-state index in [4.69, 9.17) is 4.74 Å².